The molecule has 0 saturated carbocycles. The average molecular weight is 259 g/mol. The standard InChI is InChI=1S/C14H17N3O2/c1-2-3-7-16-10-11(9-15)14(19)17-12-5-4-6-13(18)8-12/h4-6,8,10,16,18H,2-3,7H2,1H3,(H,17,19)/b11-10-. The highest BCUT2D eigenvalue weighted by Crippen LogP contribution is 2.15. The van der Waals surface area contributed by atoms with Gasteiger partial charge in [0.25, 0.3) is 5.91 Å². The van der Waals surface area contributed by atoms with E-state index in [1.165, 1.54) is 18.3 Å². The van der Waals surface area contributed by atoms with Crippen molar-refractivity contribution in [3.8, 4) is 11.8 Å². The van der Waals surface area contributed by atoms with Crippen molar-refractivity contribution < 1.29 is 9.90 Å². The van der Waals surface area contributed by atoms with Gasteiger partial charge in [-0.25, -0.2) is 0 Å². The van der Waals surface area contributed by atoms with Crippen LogP contribution in [0.25, 0.3) is 0 Å². The Kier molecular flexibility index (Phi) is 5.96. The van der Waals surface area contributed by atoms with E-state index in [0.29, 0.717) is 5.69 Å². The van der Waals surface area contributed by atoms with E-state index in [0.717, 1.165) is 19.4 Å². The molecule has 100 valence electrons. The van der Waals surface area contributed by atoms with Crippen molar-refractivity contribution in [2.24, 2.45) is 0 Å². The number of nitriles is 1. The Morgan fingerprint density at radius 1 is 1.53 bits per heavy atom. The molecule has 0 heterocycles. The molecule has 0 aromatic heterocycles. The van der Waals surface area contributed by atoms with Crippen molar-refractivity contribution in [3.05, 3.63) is 36.0 Å². The Bertz CT molecular complexity index is 504. The number of nitrogens with one attached hydrogen (secondary N) is 2. The molecule has 1 aromatic rings. The van der Waals surface area contributed by atoms with Gasteiger partial charge in [-0.05, 0) is 18.6 Å². The number of amides is 1. The van der Waals surface area contributed by atoms with Crippen molar-refractivity contribution in [3.63, 3.8) is 0 Å². The van der Waals surface area contributed by atoms with E-state index in [9.17, 15) is 9.90 Å². The summed E-state index contributed by atoms with van der Waals surface area (Å²) in [6.45, 7) is 2.78. The van der Waals surface area contributed by atoms with Gasteiger partial charge in [0, 0.05) is 24.5 Å². The zero-order chi connectivity index (χ0) is 14.1. The zero-order valence-electron chi connectivity index (χ0n) is 10.8. The second kappa shape index (κ2) is 7.77. The molecular weight excluding hydrogens is 242 g/mol. The number of carbonyl (C=O) groups excluding carboxylic acids is 1. The van der Waals surface area contributed by atoms with E-state index in [2.05, 4.69) is 17.6 Å². The minimum absolute atomic E-state index is 0.000513. The van der Waals surface area contributed by atoms with Gasteiger partial charge in [-0.15, -0.1) is 0 Å². The molecule has 0 radical (unpaired) electrons. The number of anilines is 1. The maximum atomic E-state index is 11.8. The number of rotatable bonds is 6. The molecule has 0 unspecified atom stereocenters. The minimum Gasteiger partial charge on any atom is -0.508 e. The third-order valence-electron chi connectivity index (χ3n) is 2.39. The third-order valence-corrected chi connectivity index (χ3v) is 2.39. The van der Waals surface area contributed by atoms with Crippen molar-refractivity contribution in [2.45, 2.75) is 19.8 Å². The lowest BCUT2D eigenvalue weighted by atomic mass is 10.2. The summed E-state index contributed by atoms with van der Waals surface area (Å²) < 4.78 is 0. The topological polar surface area (TPSA) is 85.2 Å². The SMILES string of the molecule is CCCCN/C=C(/C#N)C(=O)Nc1cccc(O)c1. The number of benzene rings is 1. The molecule has 19 heavy (non-hydrogen) atoms. The van der Waals surface area contributed by atoms with Crippen molar-refractivity contribution in [1.82, 2.24) is 5.32 Å². The van der Waals surface area contributed by atoms with Crippen LogP contribution in [0.5, 0.6) is 5.75 Å². The smallest absolute Gasteiger partial charge is 0.267 e. The quantitative estimate of drug-likeness (QED) is 0.415. The predicted molar refractivity (Wildman–Crippen MR) is 73.3 cm³/mol. The summed E-state index contributed by atoms with van der Waals surface area (Å²) in [4.78, 5) is 11.8. The molecule has 0 bridgehead atoms. The summed E-state index contributed by atoms with van der Waals surface area (Å²) >= 11 is 0. The van der Waals surface area contributed by atoms with Gasteiger partial charge in [0.1, 0.15) is 17.4 Å². The van der Waals surface area contributed by atoms with E-state index in [1.54, 1.807) is 12.1 Å². The zero-order valence-corrected chi connectivity index (χ0v) is 10.8. The predicted octanol–water partition coefficient (Wildman–Crippen LogP) is 2.13. The molecule has 3 N–H and O–H groups in total. The number of hydrogen-bond donors (Lipinski definition) is 3. The van der Waals surface area contributed by atoms with Gasteiger partial charge in [-0.1, -0.05) is 19.4 Å². The van der Waals surface area contributed by atoms with Gasteiger partial charge in [-0.3, -0.25) is 4.79 Å². The van der Waals surface area contributed by atoms with Gasteiger partial charge >= 0.3 is 0 Å². The lowest BCUT2D eigenvalue weighted by Gasteiger charge is -2.05. The van der Waals surface area contributed by atoms with Crippen LogP contribution in [-0.2, 0) is 4.79 Å². The highest BCUT2D eigenvalue weighted by atomic mass is 16.3. The van der Waals surface area contributed by atoms with Crippen LogP contribution >= 0.6 is 0 Å². The van der Waals surface area contributed by atoms with Crippen molar-refractivity contribution >= 4 is 11.6 Å². The number of carbonyl (C=O) groups is 1. The second-order valence-electron chi connectivity index (χ2n) is 3.98. The second-order valence-corrected chi connectivity index (χ2v) is 3.98. The molecule has 1 rings (SSSR count). The molecule has 0 atom stereocenters. The van der Waals surface area contributed by atoms with Crippen LogP contribution in [0.2, 0.25) is 0 Å². The van der Waals surface area contributed by atoms with Gasteiger partial charge in [0.05, 0.1) is 0 Å². The lowest BCUT2D eigenvalue weighted by molar-refractivity contribution is -0.112. The first-order chi connectivity index (χ1) is 9.17. The largest absolute Gasteiger partial charge is 0.508 e. The fourth-order valence-corrected chi connectivity index (χ4v) is 1.38. The average Bonchev–Trinajstić information content (AvgIpc) is 2.38. The Labute approximate surface area is 112 Å². The molecule has 0 saturated heterocycles. The lowest BCUT2D eigenvalue weighted by Crippen LogP contribution is -2.17. The highest BCUT2D eigenvalue weighted by Gasteiger charge is 2.09. The first-order valence-electron chi connectivity index (χ1n) is 6.11. The summed E-state index contributed by atoms with van der Waals surface area (Å²) in [5, 5.41) is 23.7. The monoisotopic (exact) mass is 259 g/mol. The molecule has 0 aliphatic rings. The molecule has 1 aromatic carbocycles. The Hall–Kier alpha value is -2.48. The fraction of sp³-hybridized carbons (Fsp3) is 0.286. The van der Waals surface area contributed by atoms with Gasteiger partial charge in [-0.2, -0.15) is 5.26 Å². The Morgan fingerprint density at radius 3 is 2.95 bits per heavy atom. The van der Waals surface area contributed by atoms with Crippen molar-refractivity contribution in [2.75, 3.05) is 11.9 Å². The maximum Gasteiger partial charge on any atom is 0.267 e. The van der Waals surface area contributed by atoms with Crippen LogP contribution in [0.4, 0.5) is 5.69 Å². The molecular formula is C14H17N3O2. The van der Waals surface area contributed by atoms with E-state index < -0.39 is 5.91 Å². The van der Waals surface area contributed by atoms with Crippen LogP contribution in [0, 0.1) is 11.3 Å². The number of nitrogens with zero attached hydrogens (tertiary/aromatic N) is 1. The number of hydrogen-bond acceptors (Lipinski definition) is 4. The van der Waals surface area contributed by atoms with E-state index in [-0.39, 0.29) is 11.3 Å². The van der Waals surface area contributed by atoms with Crippen LogP contribution < -0.4 is 10.6 Å². The first-order valence-corrected chi connectivity index (χ1v) is 6.11. The summed E-state index contributed by atoms with van der Waals surface area (Å²) in [6.07, 6.45) is 3.43. The van der Waals surface area contributed by atoms with Crippen LogP contribution in [-0.4, -0.2) is 17.6 Å². The summed E-state index contributed by atoms with van der Waals surface area (Å²) in [5.74, 6) is -0.446. The molecule has 5 nitrogen and oxygen atoms in total. The van der Waals surface area contributed by atoms with E-state index in [1.807, 2.05) is 6.07 Å². The van der Waals surface area contributed by atoms with E-state index >= 15 is 0 Å². The molecule has 1 amide bonds. The minimum atomic E-state index is -0.503. The number of phenolic OH excluding ortho intramolecular Hbond substituents is 1. The summed E-state index contributed by atoms with van der Waals surface area (Å²) in [6, 6.07) is 8.00. The van der Waals surface area contributed by atoms with Gasteiger partial charge in [0.2, 0.25) is 0 Å². The molecule has 0 aliphatic heterocycles. The van der Waals surface area contributed by atoms with E-state index in [4.69, 9.17) is 5.26 Å². The van der Waals surface area contributed by atoms with Gasteiger partial charge < -0.3 is 15.7 Å². The molecule has 0 fully saturated rings. The third kappa shape index (κ3) is 5.13. The fourth-order valence-electron chi connectivity index (χ4n) is 1.38. The first kappa shape index (κ1) is 14.6. The maximum absolute atomic E-state index is 11.8. The van der Waals surface area contributed by atoms with Crippen LogP contribution in [0.15, 0.2) is 36.0 Å². The van der Waals surface area contributed by atoms with Crippen LogP contribution in [0.3, 0.4) is 0 Å². The number of aromatic hydroxyl groups is 1. The van der Waals surface area contributed by atoms with Crippen molar-refractivity contribution in [1.29, 1.82) is 5.26 Å². The molecule has 0 aliphatic carbocycles. The molecule has 5 heteroatoms. The van der Waals surface area contributed by atoms with Gasteiger partial charge in [0.15, 0.2) is 0 Å². The number of phenols is 1. The normalized spacial score (nSPS) is 10.6. The summed E-state index contributed by atoms with van der Waals surface area (Å²) in [5.41, 5.74) is 0.444. The Balaban J connectivity index is 2.62. The number of unbranched alkanes of at least 4 members (excludes halogenated alkanes) is 1. The highest BCUT2D eigenvalue weighted by molar-refractivity contribution is 6.06. The van der Waals surface area contributed by atoms with Crippen LogP contribution in [0.1, 0.15) is 19.8 Å². The Morgan fingerprint density at radius 2 is 2.32 bits per heavy atom. The molecule has 0 spiro atoms. The summed E-state index contributed by atoms with van der Waals surface area (Å²) in [7, 11) is 0.